The normalized spacial score (nSPS) is 10.8. The number of nitrogens with one attached hydrogen (secondary N) is 1. The maximum atomic E-state index is 13.7. The average Bonchev–Trinajstić information content (AvgIpc) is 3.18. The largest absolute Gasteiger partial charge is 0.356 e. The summed E-state index contributed by atoms with van der Waals surface area (Å²) in [6, 6.07) is 7.78. The zero-order valence-corrected chi connectivity index (χ0v) is 14.3. The Morgan fingerprint density at radius 1 is 1.38 bits per heavy atom. The van der Waals surface area contributed by atoms with Gasteiger partial charge in [-0.05, 0) is 17.9 Å². The number of hydrogen-bond donors (Lipinski definition) is 1. The lowest BCUT2D eigenvalue weighted by Gasteiger charge is -1.97. The number of aromatic nitrogens is 3. The Bertz CT molecular complexity index is 849. The third-order valence-electron chi connectivity index (χ3n) is 2.96. The molecular formula is C15H13FN4O2S2. The molecule has 0 aliphatic heterocycles. The van der Waals surface area contributed by atoms with Gasteiger partial charge in [0.05, 0.1) is 17.7 Å². The van der Waals surface area contributed by atoms with Crippen LogP contribution in [0.4, 0.5) is 9.52 Å². The standard InChI is InChI=1S/C15H13FN4O2S2/c1-2-23-15-19-18-14(24-15)17-13(21)8-9-7-12(22-20-9)10-5-3-4-6-11(10)16/h3-7H,2,8H2,1H3,(H,17,18,21). The van der Waals surface area contributed by atoms with Gasteiger partial charge in [-0.15, -0.1) is 10.2 Å². The minimum absolute atomic E-state index is 0.00772. The van der Waals surface area contributed by atoms with Crippen molar-refractivity contribution in [3.63, 3.8) is 0 Å². The molecule has 0 radical (unpaired) electrons. The van der Waals surface area contributed by atoms with E-state index in [1.54, 1.807) is 36.0 Å². The number of thioether (sulfide) groups is 1. The molecule has 0 saturated carbocycles. The van der Waals surface area contributed by atoms with E-state index >= 15 is 0 Å². The highest BCUT2D eigenvalue weighted by atomic mass is 32.2. The first kappa shape index (κ1) is 16.6. The van der Waals surface area contributed by atoms with Gasteiger partial charge < -0.3 is 9.84 Å². The minimum atomic E-state index is -0.403. The van der Waals surface area contributed by atoms with Crippen LogP contribution in [0.1, 0.15) is 12.6 Å². The number of benzene rings is 1. The van der Waals surface area contributed by atoms with Crippen LogP contribution in [-0.4, -0.2) is 27.0 Å². The van der Waals surface area contributed by atoms with Gasteiger partial charge >= 0.3 is 0 Å². The number of nitrogens with zero attached hydrogens (tertiary/aromatic N) is 3. The molecule has 0 unspecified atom stereocenters. The number of amides is 1. The van der Waals surface area contributed by atoms with Crippen LogP contribution in [0, 0.1) is 5.82 Å². The Morgan fingerprint density at radius 2 is 2.21 bits per heavy atom. The topological polar surface area (TPSA) is 80.9 Å². The molecule has 1 N–H and O–H groups in total. The molecule has 6 nitrogen and oxygen atoms in total. The van der Waals surface area contributed by atoms with Crippen molar-refractivity contribution in [1.29, 1.82) is 0 Å². The molecule has 9 heteroatoms. The zero-order chi connectivity index (χ0) is 16.9. The van der Waals surface area contributed by atoms with Gasteiger partial charge in [0, 0.05) is 6.07 Å². The van der Waals surface area contributed by atoms with Crippen LogP contribution in [0.15, 0.2) is 39.2 Å². The summed E-state index contributed by atoms with van der Waals surface area (Å²) in [7, 11) is 0. The van der Waals surface area contributed by atoms with Crippen LogP contribution in [0.3, 0.4) is 0 Å². The maximum absolute atomic E-state index is 13.7. The number of hydrogen-bond acceptors (Lipinski definition) is 7. The van der Waals surface area contributed by atoms with Crippen LogP contribution in [-0.2, 0) is 11.2 Å². The molecule has 0 aliphatic carbocycles. The average molecular weight is 364 g/mol. The quantitative estimate of drug-likeness (QED) is 0.531. The zero-order valence-electron chi connectivity index (χ0n) is 12.7. The van der Waals surface area contributed by atoms with E-state index in [2.05, 4.69) is 20.7 Å². The van der Waals surface area contributed by atoms with Crippen molar-refractivity contribution in [3.05, 3.63) is 41.8 Å². The summed E-state index contributed by atoms with van der Waals surface area (Å²) in [5, 5.41) is 14.8. The van der Waals surface area contributed by atoms with Gasteiger partial charge in [-0.2, -0.15) is 0 Å². The molecule has 0 spiro atoms. The smallest absolute Gasteiger partial charge is 0.232 e. The highest BCUT2D eigenvalue weighted by Crippen LogP contribution is 2.26. The molecule has 0 bridgehead atoms. The molecule has 2 aromatic heterocycles. The van der Waals surface area contributed by atoms with Gasteiger partial charge in [-0.25, -0.2) is 4.39 Å². The summed E-state index contributed by atoms with van der Waals surface area (Å²) in [6.07, 6.45) is 0.00772. The molecule has 2 heterocycles. The molecular weight excluding hydrogens is 351 g/mol. The molecule has 0 atom stereocenters. The number of carbonyl (C=O) groups is 1. The van der Waals surface area contributed by atoms with E-state index in [4.69, 9.17) is 4.52 Å². The lowest BCUT2D eigenvalue weighted by atomic mass is 10.1. The molecule has 1 aromatic carbocycles. The Kier molecular flexibility index (Phi) is 5.21. The predicted molar refractivity (Wildman–Crippen MR) is 90.5 cm³/mol. The Labute approximate surface area is 145 Å². The number of carbonyl (C=O) groups excluding carboxylic acids is 1. The Balaban J connectivity index is 1.64. The Morgan fingerprint density at radius 3 is 3.00 bits per heavy atom. The molecule has 0 fully saturated rings. The van der Waals surface area contributed by atoms with E-state index in [9.17, 15) is 9.18 Å². The summed E-state index contributed by atoms with van der Waals surface area (Å²) in [4.78, 5) is 12.0. The third-order valence-corrected chi connectivity index (χ3v) is 4.81. The van der Waals surface area contributed by atoms with Gasteiger partial charge in [0.1, 0.15) is 5.82 Å². The molecule has 24 heavy (non-hydrogen) atoms. The molecule has 124 valence electrons. The van der Waals surface area contributed by atoms with E-state index in [1.165, 1.54) is 17.4 Å². The molecule has 1 amide bonds. The SMILES string of the molecule is CCSc1nnc(NC(=O)Cc2cc(-c3ccccc3F)on2)s1. The second-order valence-electron chi connectivity index (χ2n) is 4.69. The van der Waals surface area contributed by atoms with Crippen LogP contribution < -0.4 is 5.32 Å². The van der Waals surface area contributed by atoms with Gasteiger partial charge in [0.15, 0.2) is 10.1 Å². The summed E-state index contributed by atoms with van der Waals surface area (Å²) in [6.45, 7) is 2.02. The van der Waals surface area contributed by atoms with Gasteiger partial charge in [-0.3, -0.25) is 4.79 Å². The van der Waals surface area contributed by atoms with Crippen LogP contribution in [0.2, 0.25) is 0 Å². The monoisotopic (exact) mass is 364 g/mol. The predicted octanol–water partition coefficient (Wildman–Crippen LogP) is 3.63. The van der Waals surface area contributed by atoms with Crippen LogP contribution in [0.5, 0.6) is 0 Å². The van der Waals surface area contributed by atoms with E-state index in [-0.39, 0.29) is 18.1 Å². The molecule has 3 aromatic rings. The van der Waals surface area contributed by atoms with Crippen LogP contribution in [0.25, 0.3) is 11.3 Å². The van der Waals surface area contributed by atoms with Crippen molar-refractivity contribution < 1.29 is 13.7 Å². The van der Waals surface area contributed by atoms with Crippen molar-refractivity contribution in [2.24, 2.45) is 0 Å². The summed E-state index contributed by atoms with van der Waals surface area (Å²) in [5.74, 6) is 0.487. The minimum Gasteiger partial charge on any atom is -0.356 e. The highest BCUT2D eigenvalue weighted by molar-refractivity contribution is 8.01. The summed E-state index contributed by atoms with van der Waals surface area (Å²) in [5.41, 5.74) is 0.723. The van der Waals surface area contributed by atoms with Crippen molar-refractivity contribution in [2.75, 3.05) is 11.1 Å². The summed E-state index contributed by atoms with van der Waals surface area (Å²) >= 11 is 2.88. The number of halogens is 1. The molecule has 0 saturated heterocycles. The van der Waals surface area contributed by atoms with Crippen molar-refractivity contribution in [3.8, 4) is 11.3 Å². The fraction of sp³-hybridized carbons (Fsp3) is 0.200. The lowest BCUT2D eigenvalue weighted by molar-refractivity contribution is -0.115. The maximum Gasteiger partial charge on any atom is 0.232 e. The lowest BCUT2D eigenvalue weighted by Crippen LogP contribution is -2.14. The summed E-state index contributed by atoms with van der Waals surface area (Å²) < 4.78 is 19.6. The first-order valence-electron chi connectivity index (χ1n) is 7.12. The fourth-order valence-electron chi connectivity index (χ4n) is 1.95. The van der Waals surface area contributed by atoms with E-state index in [0.717, 1.165) is 10.1 Å². The van der Waals surface area contributed by atoms with Crippen molar-refractivity contribution >= 4 is 34.1 Å². The van der Waals surface area contributed by atoms with Crippen LogP contribution >= 0.6 is 23.1 Å². The van der Waals surface area contributed by atoms with Crippen molar-refractivity contribution in [1.82, 2.24) is 15.4 Å². The van der Waals surface area contributed by atoms with Crippen molar-refractivity contribution in [2.45, 2.75) is 17.7 Å². The molecule has 0 aliphatic rings. The van der Waals surface area contributed by atoms with Gasteiger partial charge in [0.25, 0.3) is 0 Å². The van der Waals surface area contributed by atoms with E-state index in [1.807, 2.05) is 6.92 Å². The molecule has 3 rings (SSSR count). The second kappa shape index (κ2) is 7.54. The van der Waals surface area contributed by atoms with Gasteiger partial charge in [0.2, 0.25) is 11.0 Å². The van der Waals surface area contributed by atoms with E-state index in [0.29, 0.717) is 16.4 Å². The number of rotatable bonds is 6. The van der Waals surface area contributed by atoms with E-state index < -0.39 is 5.82 Å². The fourth-order valence-corrected chi connectivity index (χ4v) is 3.62. The number of anilines is 1. The Hall–Kier alpha value is -2.26. The van der Waals surface area contributed by atoms with Gasteiger partial charge in [-0.1, -0.05) is 47.3 Å². The second-order valence-corrected chi connectivity index (χ2v) is 7.18. The highest BCUT2D eigenvalue weighted by Gasteiger charge is 2.14. The first-order valence-corrected chi connectivity index (χ1v) is 8.92. The first-order chi connectivity index (χ1) is 11.7. The third kappa shape index (κ3) is 3.98.